The van der Waals surface area contributed by atoms with E-state index >= 15 is 0 Å². The second kappa shape index (κ2) is 15.5. The van der Waals surface area contributed by atoms with Crippen molar-refractivity contribution >= 4 is 17.5 Å². The summed E-state index contributed by atoms with van der Waals surface area (Å²) in [4.78, 5) is 24.1. The number of hydrogen-bond donors (Lipinski definition) is 1. The lowest BCUT2D eigenvalue weighted by atomic mass is 9.97. The number of carbonyl (C=O) groups excluding carboxylic acids is 1. The molecule has 0 aliphatic carbocycles. The molecule has 50 heavy (non-hydrogen) atoms. The normalized spacial score (nSPS) is 14.8. The van der Waals surface area contributed by atoms with Gasteiger partial charge in [0.05, 0.1) is 36.2 Å². The molecule has 0 spiro atoms. The molecule has 0 atom stereocenters. The van der Waals surface area contributed by atoms with Gasteiger partial charge in [0.15, 0.2) is 5.82 Å². The molecule has 6 rings (SSSR count). The quantitative estimate of drug-likeness (QED) is 0.219. The van der Waals surface area contributed by atoms with E-state index in [-0.39, 0.29) is 36.5 Å². The molecular formula is C36H39F3N10O. The van der Waals surface area contributed by atoms with Gasteiger partial charge in [0.1, 0.15) is 18.0 Å². The summed E-state index contributed by atoms with van der Waals surface area (Å²) >= 11 is 0. The number of nitriles is 2. The third-order valence-corrected chi connectivity index (χ3v) is 8.45. The Bertz CT molecular complexity index is 1930. The molecule has 2 aromatic carbocycles. The van der Waals surface area contributed by atoms with Gasteiger partial charge in [-0.3, -0.25) is 14.6 Å². The van der Waals surface area contributed by atoms with E-state index in [0.29, 0.717) is 46.0 Å². The monoisotopic (exact) mass is 684 g/mol. The van der Waals surface area contributed by atoms with Crippen LogP contribution in [0, 0.1) is 22.7 Å². The highest BCUT2D eigenvalue weighted by Crippen LogP contribution is 2.41. The minimum Gasteiger partial charge on any atom is -0.369 e. The number of likely N-dealkylation sites (N-methyl/N-ethyl adjacent to an activating group) is 1. The number of benzene rings is 2. The predicted molar refractivity (Wildman–Crippen MR) is 184 cm³/mol. The largest absolute Gasteiger partial charge is 0.416 e. The van der Waals surface area contributed by atoms with Crippen LogP contribution in [0.25, 0.3) is 22.5 Å². The minimum absolute atomic E-state index is 0.00129. The summed E-state index contributed by atoms with van der Waals surface area (Å²) in [5.74, 6) is 0.379. The van der Waals surface area contributed by atoms with Crippen LogP contribution in [0.1, 0.15) is 59.3 Å². The van der Waals surface area contributed by atoms with Crippen LogP contribution < -0.4 is 10.2 Å². The molecule has 1 fully saturated rings. The first-order valence-corrected chi connectivity index (χ1v) is 16.4. The van der Waals surface area contributed by atoms with E-state index in [1.54, 1.807) is 54.3 Å². The van der Waals surface area contributed by atoms with Crippen LogP contribution in [0.4, 0.5) is 24.8 Å². The van der Waals surface area contributed by atoms with Crippen molar-refractivity contribution in [3.63, 3.8) is 0 Å². The van der Waals surface area contributed by atoms with Crippen LogP contribution in [0.15, 0.2) is 48.8 Å². The topological polar surface area (TPSA) is 130 Å². The Labute approximate surface area is 289 Å². The fourth-order valence-electron chi connectivity index (χ4n) is 5.98. The molecule has 0 unspecified atom stereocenters. The van der Waals surface area contributed by atoms with Crippen molar-refractivity contribution in [1.82, 2.24) is 29.5 Å². The van der Waals surface area contributed by atoms with Crippen molar-refractivity contribution in [3.8, 4) is 34.7 Å². The second-order valence-corrected chi connectivity index (χ2v) is 12.4. The Kier molecular flexibility index (Phi) is 11.1. The fraction of sp³-hybridized carbons (Fsp3) is 0.389. The van der Waals surface area contributed by atoms with Gasteiger partial charge in [-0.2, -0.15) is 23.7 Å². The number of rotatable bonds is 8. The summed E-state index contributed by atoms with van der Waals surface area (Å²) in [7, 11) is 3.78. The molecular weight excluding hydrogens is 645 g/mol. The average molecular weight is 685 g/mol. The maximum Gasteiger partial charge on any atom is 0.416 e. The Balaban J connectivity index is 0.00000156. The molecule has 0 saturated carbocycles. The van der Waals surface area contributed by atoms with Crippen molar-refractivity contribution in [3.05, 3.63) is 76.6 Å². The molecule has 2 aliphatic rings. The number of pyridine rings is 1. The van der Waals surface area contributed by atoms with Crippen LogP contribution >= 0.6 is 0 Å². The summed E-state index contributed by atoms with van der Waals surface area (Å²) in [5, 5.41) is 30.1. The van der Waals surface area contributed by atoms with Crippen molar-refractivity contribution in [2.24, 2.45) is 7.05 Å². The zero-order chi connectivity index (χ0) is 36.0. The molecule has 4 aromatic rings. The number of aryl methyl sites for hydroxylation is 1. The van der Waals surface area contributed by atoms with E-state index in [9.17, 15) is 23.2 Å². The molecule has 1 saturated heterocycles. The summed E-state index contributed by atoms with van der Waals surface area (Å²) in [6, 6.07) is 15.3. The highest BCUT2D eigenvalue weighted by atomic mass is 19.4. The third-order valence-electron chi connectivity index (χ3n) is 8.45. The molecule has 2 aliphatic heterocycles. The third kappa shape index (κ3) is 7.94. The van der Waals surface area contributed by atoms with Crippen molar-refractivity contribution in [2.75, 3.05) is 50.0 Å². The van der Waals surface area contributed by atoms with Crippen molar-refractivity contribution in [1.29, 1.82) is 10.5 Å². The van der Waals surface area contributed by atoms with Crippen LogP contribution in [-0.2, 0) is 26.3 Å². The molecule has 0 radical (unpaired) electrons. The number of anilines is 2. The molecule has 1 N–H and O–H groups in total. The molecule has 14 heteroatoms. The molecule has 2 aromatic heterocycles. The first-order valence-electron chi connectivity index (χ1n) is 16.4. The lowest BCUT2D eigenvalue weighted by molar-refractivity contribution is -0.138. The Morgan fingerprint density at radius 1 is 0.960 bits per heavy atom. The number of piperazine rings is 1. The predicted octanol–water partition coefficient (Wildman–Crippen LogP) is 6.08. The van der Waals surface area contributed by atoms with Gasteiger partial charge < -0.3 is 14.8 Å². The molecule has 260 valence electrons. The molecule has 4 heterocycles. The zero-order valence-electron chi connectivity index (χ0n) is 28.5. The van der Waals surface area contributed by atoms with Gasteiger partial charge in [0.25, 0.3) is 5.91 Å². The molecule has 11 nitrogen and oxygen atoms in total. The van der Waals surface area contributed by atoms with Crippen LogP contribution in [0.2, 0.25) is 0 Å². The number of halogens is 3. The Hall–Kier alpha value is -5.31. The van der Waals surface area contributed by atoms with Gasteiger partial charge in [0.2, 0.25) is 0 Å². The lowest BCUT2D eigenvalue weighted by Gasteiger charge is -2.32. The van der Waals surface area contributed by atoms with Gasteiger partial charge in [-0.15, -0.1) is 10.2 Å². The lowest BCUT2D eigenvalue weighted by Crippen LogP contribution is -2.43. The van der Waals surface area contributed by atoms with Gasteiger partial charge in [-0.25, -0.2) is 4.98 Å². The van der Waals surface area contributed by atoms with E-state index < -0.39 is 17.6 Å². The standard InChI is InChI=1S/C33H31F3N10O.C3H8/c1-43-8-10-45(11-9-43)18-22-13-26-27(28(14-22)33(34,35)36)19-46(32(26)47)30-16-23(15-29(41-30)39-7-3-6-37)25-12-21(17-38)4-5-24(25)31-42-40-20-44(31)2;1-3-2/h4-5,12-16,20H,3,7-11,18-19H2,1-2H3,(H,39,41);3H2,1-2H3. The number of amides is 1. The second-order valence-electron chi connectivity index (χ2n) is 12.4. The number of alkyl halides is 3. The van der Waals surface area contributed by atoms with E-state index in [1.165, 1.54) is 11.3 Å². The summed E-state index contributed by atoms with van der Waals surface area (Å²) in [5.41, 5.74) is 1.65. The first-order chi connectivity index (χ1) is 24.0. The van der Waals surface area contributed by atoms with Crippen molar-refractivity contribution < 1.29 is 18.0 Å². The van der Waals surface area contributed by atoms with Gasteiger partial charge in [0, 0.05) is 57.4 Å². The van der Waals surface area contributed by atoms with E-state index in [4.69, 9.17) is 5.26 Å². The van der Waals surface area contributed by atoms with Crippen molar-refractivity contribution in [2.45, 2.75) is 46.0 Å². The van der Waals surface area contributed by atoms with E-state index in [0.717, 1.165) is 32.2 Å². The maximum atomic E-state index is 14.5. The molecule has 0 bridgehead atoms. The Morgan fingerprint density at radius 2 is 1.70 bits per heavy atom. The summed E-state index contributed by atoms with van der Waals surface area (Å²) in [6.07, 6.45) is -1.70. The Morgan fingerprint density at radius 3 is 2.34 bits per heavy atom. The highest BCUT2D eigenvalue weighted by Gasteiger charge is 2.41. The number of aromatic nitrogens is 4. The number of nitrogens with one attached hydrogen (secondary N) is 1. The van der Waals surface area contributed by atoms with Gasteiger partial charge in [-0.05, 0) is 71.8 Å². The fourth-order valence-corrected chi connectivity index (χ4v) is 5.98. The highest BCUT2D eigenvalue weighted by molar-refractivity contribution is 6.10. The minimum atomic E-state index is -4.67. The molecule has 1 amide bonds. The number of nitrogens with zero attached hydrogens (tertiary/aromatic N) is 9. The number of hydrogen-bond acceptors (Lipinski definition) is 9. The van der Waals surface area contributed by atoms with Crippen LogP contribution in [-0.4, -0.2) is 75.2 Å². The first kappa shape index (κ1) is 36.0. The summed E-state index contributed by atoms with van der Waals surface area (Å²) < 4.78 is 45.1. The summed E-state index contributed by atoms with van der Waals surface area (Å²) in [6.45, 7) is 7.55. The van der Waals surface area contributed by atoms with E-state index in [2.05, 4.69) is 56.3 Å². The van der Waals surface area contributed by atoms with Crippen LogP contribution in [0.5, 0.6) is 0 Å². The van der Waals surface area contributed by atoms with Gasteiger partial charge >= 0.3 is 6.18 Å². The van der Waals surface area contributed by atoms with E-state index in [1.807, 2.05) is 7.05 Å². The smallest absolute Gasteiger partial charge is 0.369 e. The number of carbonyl (C=O) groups is 1. The number of fused-ring (bicyclic) bond motifs is 1. The SMILES string of the molecule is CCC.CN1CCN(Cc2cc3c(c(C(F)(F)F)c2)CN(c2cc(-c4cc(C#N)ccc4-c4nncn4C)cc(NCCC#N)n2)C3=O)CC1. The zero-order valence-corrected chi connectivity index (χ0v) is 28.5. The maximum absolute atomic E-state index is 14.5. The van der Waals surface area contributed by atoms with Gasteiger partial charge in [-0.1, -0.05) is 20.3 Å². The van der Waals surface area contributed by atoms with Crippen LogP contribution in [0.3, 0.4) is 0 Å². The average Bonchev–Trinajstić information content (AvgIpc) is 3.67.